The van der Waals surface area contributed by atoms with Crippen molar-refractivity contribution in [3.63, 3.8) is 0 Å². The predicted octanol–water partition coefficient (Wildman–Crippen LogP) is 2.76. The first-order valence-corrected chi connectivity index (χ1v) is 5.18. The van der Waals surface area contributed by atoms with Gasteiger partial charge in [-0.3, -0.25) is 0 Å². The summed E-state index contributed by atoms with van der Waals surface area (Å²) < 4.78 is 29.3. The lowest BCUT2D eigenvalue weighted by molar-refractivity contribution is 0.578. The number of rotatable bonds is 0. The van der Waals surface area contributed by atoms with Gasteiger partial charge in [0.05, 0.1) is 0 Å². The van der Waals surface area contributed by atoms with E-state index >= 15 is 0 Å². The van der Waals surface area contributed by atoms with Crippen molar-refractivity contribution in [2.75, 3.05) is 0 Å². The van der Waals surface area contributed by atoms with Crippen LogP contribution in [0.1, 0.15) is 31.9 Å². The zero-order valence-electron chi connectivity index (χ0n) is 9.33. The summed E-state index contributed by atoms with van der Waals surface area (Å²) in [6, 6.07) is 4.97. The van der Waals surface area contributed by atoms with Gasteiger partial charge in [0.2, 0.25) is 0 Å². The summed E-state index contributed by atoms with van der Waals surface area (Å²) in [7, 11) is 0. The van der Waals surface area contributed by atoms with Gasteiger partial charge in [-0.2, -0.15) is 8.42 Å². The van der Waals surface area contributed by atoms with Crippen LogP contribution in [0.15, 0.2) is 18.2 Å². The topological polar surface area (TPSA) is 34.1 Å². The Hall–Kier alpha value is -1.03. The van der Waals surface area contributed by atoms with E-state index in [1.54, 1.807) is 6.07 Å². The van der Waals surface area contributed by atoms with Crippen LogP contribution in [0.25, 0.3) is 0 Å². The molecule has 1 aromatic rings. The summed E-state index contributed by atoms with van der Waals surface area (Å²) in [4.78, 5) is 0. The molecule has 4 heteroatoms. The molecule has 84 valence electrons. The molecule has 2 nitrogen and oxygen atoms in total. The van der Waals surface area contributed by atoms with E-state index in [1.165, 1.54) is 11.6 Å². The number of aryl methyl sites for hydroxylation is 1. The zero-order valence-corrected chi connectivity index (χ0v) is 10.2. The van der Waals surface area contributed by atoms with E-state index in [0.717, 1.165) is 5.56 Å². The molecule has 0 aromatic heterocycles. The highest BCUT2D eigenvalue weighted by molar-refractivity contribution is 7.51. The Morgan fingerprint density at radius 1 is 1.20 bits per heavy atom. The van der Waals surface area contributed by atoms with Crippen molar-refractivity contribution in [1.82, 2.24) is 0 Å². The first-order valence-electron chi connectivity index (χ1n) is 4.51. The molecule has 0 spiro atoms. The fraction of sp³-hybridized carbons (Fsp3) is 0.455. The monoisotopic (exact) mass is 230 g/mol. The molecule has 15 heavy (non-hydrogen) atoms. The van der Waals surface area contributed by atoms with Crippen LogP contribution < -0.4 is 0 Å². The van der Waals surface area contributed by atoms with Crippen molar-refractivity contribution in [3.8, 4) is 0 Å². The molecule has 0 amide bonds. The number of hydrogen-bond donors (Lipinski definition) is 0. The average Bonchev–Trinajstić information content (AvgIpc) is 2.02. The molecule has 0 heterocycles. The fourth-order valence-electron chi connectivity index (χ4n) is 1.47. The molecule has 0 fully saturated rings. The molecule has 0 unspecified atom stereocenters. The second kappa shape index (κ2) is 5.75. The maximum atomic E-state index is 12.7. The highest BCUT2D eigenvalue weighted by atomic mass is 32.1. The molecular formula is C11H15FO2S. The maximum Gasteiger partial charge on any atom is 0.335 e. The van der Waals surface area contributed by atoms with Crippen molar-refractivity contribution >= 4 is 11.6 Å². The molecule has 0 radical (unpaired) electrons. The first-order chi connectivity index (χ1) is 6.82. The van der Waals surface area contributed by atoms with E-state index in [-0.39, 0.29) is 11.2 Å². The van der Waals surface area contributed by atoms with E-state index in [9.17, 15) is 4.39 Å². The van der Waals surface area contributed by atoms with Crippen LogP contribution >= 0.6 is 0 Å². The van der Waals surface area contributed by atoms with Gasteiger partial charge in [-0.1, -0.05) is 26.8 Å². The van der Waals surface area contributed by atoms with E-state index in [4.69, 9.17) is 8.42 Å². The van der Waals surface area contributed by atoms with Crippen molar-refractivity contribution in [3.05, 3.63) is 35.1 Å². The van der Waals surface area contributed by atoms with Crippen molar-refractivity contribution < 1.29 is 12.8 Å². The minimum absolute atomic E-state index is 0.109. The number of benzene rings is 1. The van der Waals surface area contributed by atoms with Gasteiger partial charge in [0, 0.05) is 0 Å². The van der Waals surface area contributed by atoms with Crippen molar-refractivity contribution in [2.24, 2.45) is 0 Å². The number of halogens is 1. The standard InChI is InChI=1S/C11H15F.O2S/c1-8-7-9(12)5-6-10(8)11(2,3)4;1-3-2/h5-7H,1-4H3;. The van der Waals surface area contributed by atoms with Gasteiger partial charge in [0.25, 0.3) is 0 Å². The smallest absolute Gasteiger partial charge is 0.207 e. The Bertz CT molecular complexity index is 363. The minimum atomic E-state index is -0.750. The summed E-state index contributed by atoms with van der Waals surface area (Å²) in [5.74, 6) is -0.152. The van der Waals surface area contributed by atoms with Gasteiger partial charge in [0.1, 0.15) is 5.82 Å². The molecule has 0 N–H and O–H groups in total. The number of hydrogen-bond acceptors (Lipinski definition) is 2. The molecule has 0 saturated heterocycles. The van der Waals surface area contributed by atoms with Crippen LogP contribution in [0.4, 0.5) is 4.39 Å². The zero-order chi connectivity index (χ0) is 12.1. The Kier molecular flexibility index (Phi) is 5.36. The van der Waals surface area contributed by atoms with Crippen molar-refractivity contribution in [1.29, 1.82) is 0 Å². The van der Waals surface area contributed by atoms with Gasteiger partial charge in [-0.15, -0.1) is 0 Å². The highest BCUT2D eigenvalue weighted by Crippen LogP contribution is 2.25. The summed E-state index contributed by atoms with van der Waals surface area (Å²) in [5.41, 5.74) is 2.35. The molecule has 1 aromatic carbocycles. The second-order valence-corrected chi connectivity index (χ2v) is 4.41. The molecule has 0 aliphatic carbocycles. The quantitative estimate of drug-likeness (QED) is 0.686. The van der Waals surface area contributed by atoms with Gasteiger partial charge < -0.3 is 0 Å². The maximum absolute atomic E-state index is 12.7. The second-order valence-electron chi connectivity index (χ2n) is 4.28. The van der Waals surface area contributed by atoms with Crippen LogP contribution in [-0.4, -0.2) is 8.42 Å². The summed E-state index contributed by atoms with van der Waals surface area (Å²) in [5, 5.41) is 0. The van der Waals surface area contributed by atoms with E-state index < -0.39 is 11.6 Å². The lowest BCUT2D eigenvalue weighted by atomic mass is 9.84. The summed E-state index contributed by atoms with van der Waals surface area (Å²) >= 11 is -0.750. The van der Waals surface area contributed by atoms with Crippen LogP contribution in [0.5, 0.6) is 0 Å². The van der Waals surface area contributed by atoms with Crippen LogP contribution in [0.2, 0.25) is 0 Å². The molecule has 0 bridgehead atoms. The van der Waals surface area contributed by atoms with Gasteiger partial charge in [-0.25, -0.2) is 4.39 Å². The molecule has 0 aliphatic heterocycles. The summed E-state index contributed by atoms with van der Waals surface area (Å²) in [6.45, 7) is 8.34. The van der Waals surface area contributed by atoms with Crippen molar-refractivity contribution in [2.45, 2.75) is 33.1 Å². The van der Waals surface area contributed by atoms with E-state index in [2.05, 4.69) is 20.8 Å². The van der Waals surface area contributed by atoms with Crippen LogP contribution in [0, 0.1) is 12.7 Å². The van der Waals surface area contributed by atoms with E-state index in [1.807, 2.05) is 13.0 Å². The van der Waals surface area contributed by atoms with Gasteiger partial charge in [0.15, 0.2) is 0 Å². The van der Waals surface area contributed by atoms with Crippen LogP contribution in [0.3, 0.4) is 0 Å². The fourth-order valence-corrected chi connectivity index (χ4v) is 1.47. The Balaban J connectivity index is 0.000000583. The Labute approximate surface area is 93.1 Å². The lowest BCUT2D eigenvalue weighted by Gasteiger charge is -2.21. The third-order valence-electron chi connectivity index (χ3n) is 2.00. The largest absolute Gasteiger partial charge is 0.335 e. The first kappa shape index (κ1) is 14.0. The third kappa shape index (κ3) is 4.83. The minimum Gasteiger partial charge on any atom is -0.207 e. The van der Waals surface area contributed by atoms with Gasteiger partial charge >= 0.3 is 11.6 Å². The SMILES string of the molecule is Cc1cc(F)ccc1C(C)(C)C.O=S=O. The molecule has 0 saturated carbocycles. The Morgan fingerprint density at radius 2 is 1.67 bits per heavy atom. The predicted molar refractivity (Wildman–Crippen MR) is 58.8 cm³/mol. The molecular weight excluding hydrogens is 215 g/mol. The average molecular weight is 230 g/mol. The molecule has 0 aliphatic rings. The van der Waals surface area contributed by atoms with Crippen LogP contribution in [-0.2, 0) is 17.0 Å². The third-order valence-corrected chi connectivity index (χ3v) is 2.00. The van der Waals surface area contributed by atoms with E-state index in [0.29, 0.717) is 0 Å². The molecule has 1 rings (SSSR count). The lowest BCUT2D eigenvalue weighted by Crippen LogP contribution is -2.12. The molecule has 0 atom stereocenters. The van der Waals surface area contributed by atoms with Gasteiger partial charge in [-0.05, 0) is 35.6 Å². The summed E-state index contributed by atoms with van der Waals surface area (Å²) in [6.07, 6.45) is 0. The highest BCUT2D eigenvalue weighted by Gasteiger charge is 2.15. The Morgan fingerprint density at radius 3 is 2.00 bits per heavy atom. The normalized spacial score (nSPS) is 10.2.